The molecule has 2 aromatic carbocycles. The van der Waals surface area contributed by atoms with Crippen molar-refractivity contribution in [2.45, 2.75) is 26.2 Å². The standard InChI is InChI=1S/C18H13.C3H6.CH3.ClH.Zr/c1-2-8-13(7-1)18-16-11-5-3-9-14(16)15-10-4-6-12-17(15)18;1-3-2;;;/h1-7,9-11,18H,8H2;1-2H3;1H3;1H;/q-1;;-1;;/p-1. The largest absolute Gasteiger partial charge is 1.00 e. The van der Waals surface area contributed by atoms with E-state index in [1.54, 1.807) is 24.2 Å². The third kappa shape index (κ3) is 4.32. The summed E-state index contributed by atoms with van der Waals surface area (Å²) < 4.78 is 1.51. The Balaban J connectivity index is 0.000000438. The van der Waals surface area contributed by atoms with Crippen molar-refractivity contribution < 1.29 is 36.6 Å². The van der Waals surface area contributed by atoms with Crippen LogP contribution in [0.4, 0.5) is 0 Å². The van der Waals surface area contributed by atoms with E-state index in [9.17, 15) is 0 Å². The van der Waals surface area contributed by atoms with Gasteiger partial charge < -0.3 is 19.8 Å². The SMILES string of the molecule is C[C](C)=[Zr].[CH3-].[Cl-].[c-]1cccc2c1C(C1=CC=CC1)c1ccccc1-2. The Hall–Kier alpha value is -1.04. The molecule has 4 rings (SSSR count). The van der Waals surface area contributed by atoms with Crippen molar-refractivity contribution in [1.29, 1.82) is 0 Å². The molecule has 0 nitrogen and oxygen atoms in total. The van der Waals surface area contributed by atoms with Gasteiger partial charge in [0.2, 0.25) is 0 Å². The van der Waals surface area contributed by atoms with Crippen molar-refractivity contribution in [2.75, 3.05) is 0 Å². The summed E-state index contributed by atoms with van der Waals surface area (Å²) in [6.45, 7) is 4.25. The Morgan fingerprint density at radius 1 is 1.08 bits per heavy atom. The molecule has 2 aliphatic rings. The Morgan fingerprint density at radius 3 is 2.42 bits per heavy atom. The molecule has 124 valence electrons. The van der Waals surface area contributed by atoms with E-state index in [4.69, 9.17) is 0 Å². The summed E-state index contributed by atoms with van der Waals surface area (Å²) in [6, 6.07) is 18.5. The summed E-state index contributed by atoms with van der Waals surface area (Å²) in [5, 5.41) is 0. The van der Waals surface area contributed by atoms with E-state index in [0.29, 0.717) is 5.92 Å². The first-order valence-electron chi connectivity index (χ1n) is 7.65. The van der Waals surface area contributed by atoms with E-state index >= 15 is 0 Å². The summed E-state index contributed by atoms with van der Waals surface area (Å²) in [5.41, 5.74) is 7.00. The van der Waals surface area contributed by atoms with Crippen molar-refractivity contribution in [1.82, 2.24) is 0 Å². The molecule has 0 bridgehead atoms. The van der Waals surface area contributed by atoms with Crippen LogP contribution in [0.3, 0.4) is 0 Å². The van der Waals surface area contributed by atoms with Crippen LogP contribution in [0.5, 0.6) is 0 Å². The maximum Gasteiger partial charge on any atom is 0.00806 e. The number of rotatable bonds is 1. The van der Waals surface area contributed by atoms with Crippen molar-refractivity contribution in [3.8, 4) is 11.1 Å². The molecular weight excluding hydrogens is 391 g/mol. The van der Waals surface area contributed by atoms with Gasteiger partial charge in [0.05, 0.1) is 0 Å². The van der Waals surface area contributed by atoms with Gasteiger partial charge in [0.15, 0.2) is 0 Å². The zero-order valence-electron chi connectivity index (χ0n) is 14.4. The second-order valence-electron chi connectivity index (χ2n) is 5.89. The zero-order chi connectivity index (χ0) is 15.5. The normalized spacial score (nSPS) is 15.7. The predicted molar refractivity (Wildman–Crippen MR) is 97.2 cm³/mol. The van der Waals surface area contributed by atoms with E-state index in [2.05, 4.69) is 74.5 Å². The quantitative estimate of drug-likeness (QED) is 0.632. The van der Waals surface area contributed by atoms with Crippen LogP contribution in [0.15, 0.2) is 66.3 Å². The molecule has 0 N–H and O–H groups in total. The number of allylic oxidation sites excluding steroid dienone is 4. The predicted octanol–water partition coefficient (Wildman–Crippen LogP) is 2.69. The van der Waals surface area contributed by atoms with Crippen molar-refractivity contribution in [3.63, 3.8) is 0 Å². The maximum atomic E-state index is 3.45. The number of fused-ring (bicyclic) bond motifs is 3. The van der Waals surface area contributed by atoms with Gasteiger partial charge in [0.25, 0.3) is 0 Å². The van der Waals surface area contributed by atoms with Crippen LogP contribution < -0.4 is 12.4 Å². The van der Waals surface area contributed by atoms with E-state index in [1.165, 1.54) is 31.0 Å². The first-order valence-corrected chi connectivity index (χ1v) is 8.88. The van der Waals surface area contributed by atoms with Crippen LogP contribution in [0.25, 0.3) is 11.1 Å². The Labute approximate surface area is 167 Å². The Kier molecular flexibility index (Phi) is 8.27. The molecule has 0 amide bonds. The first-order chi connectivity index (χ1) is 10.7. The minimum Gasteiger partial charge on any atom is -1.00 e. The number of halogens is 1. The molecule has 0 saturated heterocycles. The van der Waals surface area contributed by atoms with E-state index in [-0.39, 0.29) is 19.8 Å². The summed E-state index contributed by atoms with van der Waals surface area (Å²) in [7, 11) is 0. The third-order valence-electron chi connectivity index (χ3n) is 3.91. The monoisotopic (exact) mass is 411 g/mol. The van der Waals surface area contributed by atoms with Crippen LogP contribution >= 0.6 is 0 Å². The number of hydrogen-bond acceptors (Lipinski definition) is 0. The van der Waals surface area contributed by atoms with E-state index in [0.717, 1.165) is 6.42 Å². The molecular formula is C22H22ClZr-3. The molecule has 0 fully saturated rings. The average Bonchev–Trinajstić information content (AvgIpc) is 3.11. The summed E-state index contributed by atoms with van der Waals surface area (Å²) in [5.74, 6) is 0.410. The molecule has 0 aromatic heterocycles. The van der Waals surface area contributed by atoms with Gasteiger partial charge in [0, 0.05) is 5.92 Å². The minimum atomic E-state index is 0. The third-order valence-corrected chi connectivity index (χ3v) is 3.91. The van der Waals surface area contributed by atoms with Crippen molar-refractivity contribution in [3.05, 3.63) is 90.9 Å². The molecule has 1 atom stereocenters. The van der Waals surface area contributed by atoms with Gasteiger partial charge in [-0.25, -0.2) is 0 Å². The summed E-state index contributed by atoms with van der Waals surface area (Å²) in [6.07, 6.45) is 7.73. The van der Waals surface area contributed by atoms with Crippen molar-refractivity contribution in [2.24, 2.45) is 0 Å². The van der Waals surface area contributed by atoms with Gasteiger partial charge in [-0.2, -0.15) is 24.3 Å². The van der Waals surface area contributed by atoms with Gasteiger partial charge in [-0.05, 0) is 12.0 Å². The molecule has 2 aromatic rings. The summed E-state index contributed by atoms with van der Waals surface area (Å²) in [4.78, 5) is 0. The molecule has 1 unspecified atom stereocenters. The summed E-state index contributed by atoms with van der Waals surface area (Å²) >= 11 is 1.55. The second-order valence-corrected chi connectivity index (χ2v) is 8.35. The molecule has 0 saturated carbocycles. The molecule has 2 heteroatoms. The first kappa shape index (κ1) is 21.0. The molecule has 0 aliphatic heterocycles. The minimum absolute atomic E-state index is 0. The van der Waals surface area contributed by atoms with Gasteiger partial charge in [0.1, 0.15) is 0 Å². The zero-order valence-corrected chi connectivity index (χ0v) is 17.6. The fourth-order valence-corrected chi connectivity index (χ4v) is 3.14. The fraction of sp³-hybridized carbons (Fsp3) is 0.182. The molecule has 0 heterocycles. The van der Waals surface area contributed by atoms with E-state index < -0.39 is 0 Å². The average molecular weight is 413 g/mol. The van der Waals surface area contributed by atoms with Gasteiger partial charge >= 0.3 is 41.3 Å². The molecule has 0 radical (unpaired) electrons. The molecule has 0 spiro atoms. The van der Waals surface area contributed by atoms with Crippen molar-refractivity contribution >= 4 is 3.21 Å². The van der Waals surface area contributed by atoms with Gasteiger partial charge in [-0.3, -0.25) is 0 Å². The van der Waals surface area contributed by atoms with Gasteiger partial charge in [-0.1, -0.05) is 53.6 Å². The fourth-order valence-electron chi connectivity index (χ4n) is 3.14. The van der Waals surface area contributed by atoms with Crippen LogP contribution in [0.1, 0.15) is 37.3 Å². The van der Waals surface area contributed by atoms with Gasteiger partial charge in [-0.15, -0.1) is 11.1 Å². The maximum absolute atomic E-state index is 3.45. The van der Waals surface area contributed by atoms with Crippen LogP contribution in [-0.2, 0) is 24.2 Å². The van der Waals surface area contributed by atoms with Crippen LogP contribution in [0, 0.1) is 13.5 Å². The second kappa shape index (κ2) is 9.45. The molecule has 24 heavy (non-hydrogen) atoms. The topological polar surface area (TPSA) is 0 Å². The smallest absolute Gasteiger partial charge is 0.00806 e. The van der Waals surface area contributed by atoms with E-state index in [1.807, 2.05) is 6.07 Å². The Bertz CT molecular complexity index is 722. The van der Waals surface area contributed by atoms with Crippen LogP contribution in [0.2, 0.25) is 0 Å². The number of hydrogen-bond donors (Lipinski definition) is 0. The van der Waals surface area contributed by atoms with Crippen LogP contribution in [-0.4, -0.2) is 3.21 Å². The number of benzene rings is 2. The molecule has 2 aliphatic carbocycles. The Morgan fingerprint density at radius 2 is 1.75 bits per heavy atom.